The highest BCUT2D eigenvalue weighted by atomic mass is 16.6. The van der Waals surface area contributed by atoms with E-state index >= 15 is 0 Å². The molecule has 0 aromatic heterocycles. The lowest BCUT2D eigenvalue weighted by atomic mass is 9.98. The fourth-order valence-corrected chi connectivity index (χ4v) is 1.16. The molecule has 1 fully saturated rings. The molecular weight excluding hydrogens is 148 g/mol. The van der Waals surface area contributed by atoms with Crippen molar-refractivity contribution in [2.24, 2.45) is 0 Å². The Bertz CT molecular complexity index is 266. The molecule has 0 aromatic carbocycles. The molecule has 2 atom stereocenters. The summed E-state index contributed by atoms with van der Waals surface area (Å²) in [6, 6.07) is 0. The molecular formula is C7H6O4. The molecule has 58 valence electrons. The number of ketones is 2. The lowest BCUT2D eigenvalue weighted by Crippen LogP contribution is -2.24. The van der Waals surface area contributed by atoms with E-state index in [1.165, 1.54) is 0 Å². The van der Waals surface area contributed by atoms with Crippen molar-refractivity contribution < 1.29 is 19.4 Å². The number of aliphatic hydroxyl groups is 1. The zero-order valence-electron chi connectivity index (χ0n) is 5.61. The Hall–Kier alpha value is -1.00. The van der Waals surface area contributed by atoms with Crippen LogP contribution < -0.4 is 0 Å². The number of Topliss-reactive ketones (excluding diaryl/α,β-unsaturated/α-hetero) is 1. The molecule has 1 aliphatic carbocycles. The number of ether oxygens (including phenoxy) is 1. The monoisotopic (exact) mass is 154 g/mol. The summed E-state index contributed by atoms with van der Waals surface area (Å²) in [5.41, 5.74) is 0.161. The Morgan fingerprint density at radius 1 is 1.45 bits per heavy atom. The quantitative estimate of drug-likeness (QED) is 0.483. The van der Waals surface area contributed by atoms with Gasteiger partial charge in [-0.25, -0.2) is 0 Å². The van der Waals surface area contributed by atoms with Crippen LogP contribution in [0.2, 0.25) is 0 Å². The van der Waals surface area contributed by atoms with Crippen molar-refractivity contribution in [1.29, 1.82) is 0 Å². The van der Waals surface area contributed by atoms with Gasteiger partial charge in [0.15, 0.2) is 23.8 Å². The second-order valence-corrected chi connectivity index (χ2v) is 2.57. The molecule has 0 saturated carbocycles. The van der Waals surface area contributed by atoms with Crippen molar-refractivity contribution in [2.75, 3.05) is 6.61 Å². The molecule has 0 radical (unpaired) electrons. The third-order valence-corrected chi connectivity index (χ3v) is 1.83. The maximum atomic E-state index is 11.0. The smallest absolute Gasteiger partial charge is 0.193 e. The summed E-state index contributed by atoms with van der Waals surface area (Å²) in [6.45, 7) is -0.378. The molecule has 2 rings (SSSR count). The topological polar surface area (TPSA) is 66.9 Å². The number of rotatable bonds is 1. The summed E-state index contributed by atoms with van der Waals surface area (Å²) in [6.07, 6.45) is 0.0312. The number of aliphatic hydroxyl groups excluding tert-OH is 1. The first kappa shape index (κ1) is 6.69. The maximum Gasteiger partial charge on any atom is 0.193 e. The van der Waals surface area contributed by atoms with Crippen molar-refractivity contribution in [1.82, 2.24) is 0 Å². The Morgan fingerprint density at radius 3 is 2.82 bits per heavy atom. The molecule has 1 aliphatic heterocycles. The Labute approximate surface area is 62.5 Å². The molecule has 1 N–H and O–H groups in total. The molecule has 0 bridgehead atoms. The minimum atomic E-state index is -0.588. The Kier molecular flexibility index (Phi) is 1.21. The average molecular weight is 154 g/mol. The second kappa shape index (κ2) is 1.99. The molecule has 0 unspecified atom stereocenters. The molecule has 1 heterocycles. The van der Waals surface area contributed by atoms with Crippen LogP contribution in [0, 0.1) is 0 Å². The van der Waals surface area contributed by atoms with Gasteiger partial charge in [0, 0.05) is 5.57 Å². The molecule has 11 heavy (non-hydrogen) atoms. The summed E-state index contributed by atoms with van der Waals surface area (Å²) < 4.78 is 4.77. The van der Waals surface area contributed by atoms with Gasteiger partial charge in [-0.1, -0.05) is 0 Å². The summed E-state index contributed by atoms with van der Waals surface area (Å²) in [5, 5.41) is 8.62. The number of hydrogen-bond donors (Lipinski definition) is 1. The zero-order chi connectivity index (χ0) is 8.01. The SMILES string of the molecule is O=C1C(CO)=CC(=O)[C@@H]2O[C@H]12. The van der Waals surface area contributed by atoms with Gasteiger partial charge in [-0.2, -0.15) is 0 Å². The van der Waals surface area contributed by atoms with E-state index in [4.69, 9.17) is 9.84 Å². The van der Waals surface area contributed by atoms with Gasteiger partial charge in [0.25, 0.3) is 0 Å². The zero-order valence-corrected chi connectivity index (χ0v) is 5.61. The van der Waals surface area contributed by atoms with Crippen molar-refractivity contribution in [3.05, 3.63) is 11.6 Å². The van der Waals surface area contributed by atoms with Crippen LogP contribution in [-0.4, -0.2) is 35.5 Å². The van der Waals surface area contributed by atoms with E-state index in [2.05, 4.69) is 0 Å². The van der Waals surface area contributed by atoms with Crippen molar-refractivity contribution in [3.63, 3.8) is 0 Å². The van der Waals surface area contributed by atoms with Crippen LogP contribution in [-0.2, 0) is 14.3 Å². The van der Waals surface area contributed by atoms with E-state index in [9.17, 15) is 9.59 Å². The summed E-state index contributed by atoms with van der Waals surface area (Å²) in [4.78, 5) is 21.9. The van der Waals surface area contributed by atoms with E-state index in [-0.39, 0.29) is 23.7 Å². The van der Waals surface area contributed by atoms with Gasteiger partial charge in [-0.3, -0.25) is 9.59 Å². The van der Waals surface area contributed by atoms with Crippen LogP contribution in [0.1, 0.15) is 0 Å². The van der Waals surface area contributed by atoms with E-state index < -0.39 is 12.2 Å². The predicted octanol–water partition coefficient (Wildman–Crippen LogP) is -1.18. The first-order chi connectivity index (χ1) is 5.24. The first-order valence-corrected chi connectivity index (χ1v) is 3.29. The molecule has 4 heteroatoms. The van der Waals surface area contributed by atoms with Crippen LogP contribution in [0.25, 0.3) is 0 Å². The van der Waals surface area contributed by atoms with Crippen LogP contribution in [0.5, 0.6) is 0 Å². The summed E-state index contributed by atoms with van der Waals surface area (Å²) in [7, 11) is 0. The maximum absolute atomic E-state index is 11.0. The minimum absolute atomic E-state index is 0.161. The van der Waals surface area contributed by atoms with E-state index in [1.54, 1.807) is 0 Å². The van der Waals surface area contributed by atoms with Crippen molar-refractivity contribution in [2.45, 2.75) is 12.2 Å². The van der Waals surface area contributed by atoms with Gasteiger partial charge in [0.2, 0.25) is 0 Å². The molecule has 0 amide bonds. The van der Waals surface area contributed by atoms with Crippen LogP contribution in [0.15, 0.2) is 11.6 Å². The number of fused-ring (bicyclic) bond motifs is 1. The third-order valence-electron chi connectivity index (χ3n) is 1.83. The first-order valence-electron chi connectivity index (χ1n) is 3.29. The highest BCUT2D eigenvalue weighted by Gasteiger charge is 2.52. The summed E-state index contributed by atoms with van der Waals surface area (Å²) in [5.74, 6) is -0.462. The Morgan fingerprint density at radius 2 is 2.18 bits per heavy atom. The van der Waals surface area contributed by atoms with E-state index in [1.807, 2.05) is 0 Å². The summed E-state index contributed by atoms with van der Waals surface area (Å²) >= 11 is 0. The predicted molar refractivity (Wildman–Crippen MR) is 33.8 cm³/mol. The van der Waals surface area contributed by atoms with Gasteiger partial charge in [-0.05, 0) is 6.08 Å². The normalized spacial score (nSPS) is 34.8. The molecule has 2 aliphatic rings. The number of hydrogen-bond acceptors (Lipinski definition) is 4. The highest BCUT2D eigenvalue weighted by Crippen LogP contribution is 2.30. The van der Waals surface area contributed by atoms with Gasteiger partial charge in [0.1, 0.15) is 0 Å². The molecule has 0 aromatic rings. The second-order valence-electron chi connectivity index (χ2n) is 2.57. The number of carbonyl (C=O) groups is 2. The lowest BCUT2D eigenvalue weighted by molar-refractivity contribution is -0.120. The average Bonchev–Trinajstić information content (AvgIpc) is 2.75. The van der Waals surface area contributed by atoms with Crippen LogP contribution >= 0.6 is 0 Å². The highest BCUT2D eigenvalue weighted by molar-refractivity contribution is 6.15. The third kappa shape index (κ3) is 0.834. The number of carbonyl (C=O) groups excluding carboxylic acids is 2. The minimum Gasteiger partial charge on any atom is -0.392 e. The van der Waals surface area contributed by atoms with Crippen LogP contribution in [0.4, 0.5) is 0 Å². The fourth-order valence-electron chi connectivity index (χ4n) is 1.16. The fraction of sp³-hybridized carbons (Fsp3) is 0.429. The van der Waals surface area contributed by atoms with Crippen molar-refractivity contribution >= 4 is 11.6 Å². The largest absolute Gasteiger partial charge is 0.392 e. The molecule has 0 spiro atoms. The van der Waals surface area contributed by atoms with Crippen molar-refractivity contribution in [3.8, 4) is 0 Å². The van der Waals surface area contributed by atoms with E-state index in [0.717, 1.165) is 6.08 Å². The molecule has 4 nitrogen and oxygen atoms in total. The number of epoxide rings is 1. The van der Waals surface area contributed by atoms with E-state index in [0.29, 0.717) is 0 Å². The van der Waals surface area contributed by atoms with Crippen LogP contribution in [0.3, 0.4) is 0 Å². The standard InChI is InChI=1S/C7H6O4/c8-2-3-1-4(9)6-7(11-6)5(3)10/h1,6-8H,2H2/t6-,7+/m0/s1. The van der Waals surface area contributed by atoms with Gasteiger partial charge in [-0.15, -0.1) is 0 Å². The van der Waals surface area contributed by atoms with Gasteiger partial charge < -0.3 is 9.84 Å². The van der Waals surface area contributed by atoms with Gasteiger partial charge >= 0.3 is 0 Å². The lowest BCUT2D eigenvalue weighted by Gasteiger charge is -2.02. The molecule has 1 saturated heterocycles. The Balaban J connectivity index is 2.32. The van der Waals surface area contributed by atoms with Gasteiger partial charge in [0.05, 0.1) is 6.61 Å².